The molecule has 0 aromatic heterocycles. The van der Waals surface area contributed by atoms with E-state index >= 15 is 0 Å². The lowest BCUT2D eigenvalue weighted by molar-refractivity contribution is -0.131. The highest BCUT2D eigenvalue weighted by Crippen LogP contribution is 2.30. The van der Waals surface area contributed by atoms with E-state index in [2.05, 4.69) is 0 Å². The molecule has 0 radical (unpaired) electrons. The van der Waals surface area contributed by atoms with Crippen molar-refractivity contribution in [1.29, 1.82) is 0 Å². The zero-order valence-electron chi connectivity index (χ0n) is 10.5. The van der Waals surface area contributed by atoms with Crippen LogP contribution in [0.5, 0.6) is 0 Å². The number of hydrogen-bond donors (Lipinski definition) is 0. The molecule has 1 saturated heterocycles. The smallest absolute Gasteiger partial charge is 0.235 e. The molecule has 19 heavy (non-hydrogen) atoms. The van der Waals surface area contributed by atoms with Gasteiger partial charge in [-0.1, -0.05) is 0 Å². The van der Waals surface area contributed by atoms with Crippen LogP contribution in [-0.2, 0) is 17.8 Å². The molecule has 0 bridgehead atoms. The van der Waals surface area contributed by atoms with Gasteiger partial charge < -0.3 is 4.90 Å². The van der Waals surface area contributed by atoms with Crippen molar-refractivity contribution in [3.05, 3.63) is 34.9 Å². The number of hydrogen-bond acceptors (Lipinski definition) is 2. The van der Waals surface area contributed by atoms with Crippen LogP contribution in [0, 0.1) is 11.6 Å². The molecule has 2 heterocycles. The first-order chi connectivity index (χ1) is 9.16. The van der Waals surface area contributed by atoms with Gasteiger partial charge in [-0.05, 0) is 42.7 Å². The van der Waals surface area contributed by atoms with Crippen molar-refractivity contribution in [2.75, 3.05) is 12.3 Å². The molecular formula is C14H15F2NOS. The highest BCUT2D eigenvalue weighted by molar-refractivity contribution is 8.00. The van der Waals surface area contributed by atoms with Gasteiger partial charge in [-0.25, -0.2) is 8.78 Å². The van der Waals surface area contributed by atoms with Crippen molar-refractivity contribution >= 4 is 17.7 Å². The van der Waals surface area contributed by atoms with Crippen molar-refractivity contribution in [3.8, 4) is 0 Å². The highest BCUT2D eigenvalue weighted by Gasteiger charge is 2.31. The minimum absolute atomic E-state index is 0.0122. The molecule has 5 heteroatoms. The molecule has 1 fully saturated rings. The summed E-state index contributed by atoms with van der Waals surface area (Å²) in [7, 11) is 0. The third-order valence-corrected chi connectivity index (χ3v) is 5.18. The zero-order chi connectivity index (χ0) is 13.4. The summed E-state index contributed by atoms with van der Waals surface area (Å²) in [5.41, 5.74) is 0.783. The molecule has 2 aliphatic heterocycles. The fourth-order valence-electron chi connectivity index (χ4n) is 2.76. The number of amides is 1. The van der Waals surface area contributed by atoms with E-state index in [0.29, 0.717) is 24.1 Å². The van der Waals surface area contributed by atoms with Crippen LogP contribution in [-0.4, -0.2) is 28.4 Å². The van der Waals surface area contributed by atoms with Crippen LogP contribution in [0.1, 0.15) is 24.0 Å². The molecule has 0 spiro atoms. The lowest BCUT2D eigenvalue weighted by atomic mass is 9.98. The predicted molar refractivity (Wildman–Crippen MR) is 71.0 cm³/mol. The second-order valence-electron chi connectivity index (χ2n) is 5.00. The molecule has 1 atom stereocenters. The Morgan fingerprint density at radius 2 is 2.00 bits per heavy atom. The molecule has 1 unspecified atom stereocenters. The summed E-state index contributed by atoms with van der Waals surface area (Å²) in [6, 6.07) is 2.31. The fraction of sp³-hybridized carbons (Fsp3) is 0.500. The Hall–Kier alpha value is -1.10. The van der Waals surface area contributed by atoms with Gasteiger partial charge in [0.1, 0.15) is 11.6 Å². The van der Waals surface area contributed by atoms with Gasteiger partial charge in [-0.2, -0.15) is 0 Å². The van der Waals surface area contributed by atoms with E-state index < -0.39 is 5.82 Å². The molecule has 1 aromatic rings. The number of fused-ring (bicyclic) bond motifs is 1. The summed E-state index contributed by atoms with van der Waals surface area (Å²) in [4.78, 5) is 14.0. The van der Waals surface area contributed by atoms with Gasteiger partial charge in [-0.3, -0.25) is 4.79 Å². The number of benzene rings is 1. The summed E-state index contributed by atoms with van der Waals surface area (Å²) in [6.45, 7) is 0.693. The van der Waals surface area contributed by atoms with Crippen LogP contribution < -0.4 is 0 Å². The van der Waals surface area contributed by atoms with Gasteiger partial charge in [0.05, 0.1) is 5.25 Å². The van der Waals surface area contributed by atoms with Gasteiger partial charge in [0, 0.05) is 18.7 Å². The number of nitrogens with zero attached hydrogens (tertiary/aromatic N) is 1. The summed E-state index contributed by atoms with van der Waals surface area (Å²) in [5.74, 6) is 0.327. The first-order valence-corrected chi connectivity index (χ1v) is 7.58. The van der Waals surface area contributed by atoms with Crippen LogP contribution in [0.25, 0.3) is 0 Å². The standard InChI is InChI=1S/C14H15F2NOS/c15-11-3-4-12(16)10-8-17(6-5-9(10)11)14(18)13-2-1-7-19-13/h3-4,13H,1-2,5-8H2. The number of thioether (sulfide) groups is 1. The SMILES string of the molecule is O=C(C1CCCS1)N1CCc2c(F)ccc(F)c2C1. The average Bonchev–Trinajstić information content (AvgIpc) is 2.96. The summed E-state index contributed by atoms with van der Waals surface area (Å²) < 4.78 is 27.4. The van der Waals surface area contributed by atoms with E-state index in [1.165, 1.54) is 6.07 Å². The Bertz CT molecular complexity index is 514. The normalized spacial score (nSPS) is 22.4. The van der Waals surface area contributed by atoms with E-state index in [9.17, 15) is 13.6 Å². The Morgan fingerprint density at radius 3 is 2.68 bits per heavy atom. The third-order valence-electron chi connectivity index (χ3n) is 3.81. The second-order valence-corrected chi connectivity index (χ2v) is 6.31. The maximum absolute atomic E-state index is 13.8. The molecule has 2 nitrogen and oxygen atoms in total. The Kier molecular flexibility index (Phi) is 3.48. The van der Waals surface area contributed by atoms with Crippen molar-refractivity contribution < 1.29 is 13.6 Å². The van der Waals surface area contributed by atoms with Crippen LogP contribution in [0.4, 0.5) is 8.78 Å². The second kappa shape index (κ2) is 5.12. The first kappa shape index (κ1) is 12.9. The van der Waals surface area contributed by atoms with Gasteiger partial charge >= 0.3 is 0 Å². The topological polar surface area (TPSA) is 20.3 Å². The molecule has 0 N–H and O–H groups in total. The molecule has 3 rings (SSSR count). The minimum atomic E-state index is -0.409. The summed E-state index contributed by atoms with van der Waals surface area (Å²) in [5, 5.41) is 0.0122. The van der Waals surface area contributed by atoms with E-state index in [1.807, 2.05) is 0 Å². The van der Waals surface area contributed by atoms with Crippen LogP contribution >= 0.6 is 11.8 Å². The van der Waals surface area contributed by atoms with Crippen molar-refractivity contribution in [2.45, 2.75) is 31.1 Å². The number of carbonyl (C=O) groups excluding carboxylic acids is 1. The summed E-state index contributed by atoms with van der Waals surface area (Å²) >= 11 is 1.67. The number of rotatable bonds is 1. The van der Waals surface area contributed by atoms with Crippen molar-refractivity contribution in [2.24, 2.45) is 0 Å². The van der Waals surface area contributed by atoms with Crippen molar-refractivity contribution in [3.63, 3.8) is 0 Å². The van der Waals surface area contributed by atoms with Gasteiger partial charge in [-0.15, -0.1) is 11.8 Å². The lowest BCUT2D eigenvalue weighted by Crippen LogP contribution is -2.41. The van der Waals surface area contributed by atoms with Gasteiger partial charge in [0.25, 0.3) is 0 Å². The van der Waals surface area contributed by atoms with Crippen LogP contribution in [0.15, 0.2) is 12.1 Å². The molecular weight excluding hydrogens is 268 g/mol. The van der Waals surface area contributed by atoms with E-state index in [4.69, 9.17) is 0 Å². The predicted octanol–water partition coefficient (Wildman–Crippen LogP) is 2.75. The van der Waals surface area contributed by atoms with Gasteiger partial charge in [0.2, 0.25) is 5.91 Å². The largest absolute Gasteiger partial charge is 0.337 e. The zero-order valence-corrected chi connectivity index (χ0v) is 11.3. The van der Waals surface area contributed by atoms with Crippen LogP contribution in [0.2, 0.25) is 0 Å². The Labute approximate surface area is 115 Å². The Balaban J connectivity index is 1.82. The van der Waals surface area contributed by atoms with Gasteiger partial charge in [0.15, 0.2) is 0 Å². The maximum Gasteiger partial charge on any atom is 0.235 e. The number of carbonyl (C=O) groups is 1. The third kappa shape index (κ3) is 2.36. The monoisotopic (exact) mass is 283 g/mol. The van der Waals surface area contributed by atoms with E-state index in [0.717, 1.165) is 24.7 Å². The number of halogens is 2. The quantitative estimate of drug-likeness (QED) is 0.790. The Morgan fingerprint density at radius 1 is 1.26 bits per heavy atom. The van der Waals surface area contributed by atoms with E-state index in [1.54, 1.807) is 16.7 Å². The van der Waals surface area contributed by atoms with Crippen molar-refractivity contribution in [1.82, 2.24) is 4.90 Å². The maximum atomic E-state index is 13.8. The molecule has 102 valence electrons. The average molecular weight is 283 g/mol. The molecule has 0 aliphatic carbocycles. The lowest BCUT2D eigenvalue weighted by Gasteiger charge is -2.31. The molecule has 2 aliphatic rings. The summed E-state index contributed by atoms with van der Waals surface area (Å²) in [6.07, 6.45) is 2.37. The van der Waals surface area contributed by atoms with Crippen LogP contribution in [0.3, 0.4) is 0 Å². The molecule has 1 amide bonds. The minimum Gasteiger partial charge on any atom is -0.337 e. The molecule has 1 aromatic carbocycles. The highest BCUT2D eigenvalue weighted by atomic mass is 32.2. The molecule has 0 saturated carbocycles. The van der Waals surface area contributed by atoms with E-state index in [-0.39, 0.29) is 23.5 Å². The first-order valence-electron chi connectivity index (χ1n) is 6.53. The fourth-order valence-corrected chi connectivity index (χ4v) is 4.00.